The molecule has 0 radical (unpaired) electrons. The highest BCUT2D eigenvalue weighted by molar-refractivity contribution is 5.92. The van der Waals surface area contributed by atoms with Crippen molar-refractivity contribution in [2.24, 2.45) is 0 Å². The van der Waals surface area contributed by atoms with E-state index in [9.17, 15) is 14.0 Å². The monoisotopic (exact) mass is 430 g/mol. The van der Waals surface area contributed by atoms with Crippen LogP contribution in [0, 0.1) is 12.9 Å². The molecule has 166 valence electrons. The zero-order valence-electron chi connectivity index (χ0n) is 17.9. The van der Waals surface area contributed by atoms with Crippen LogP contribution in [-0.2, 0) is 0 Å². The molecule has 4 heterocycles. The van der Waals surface area contributed by atoms with Crippen molar-refractivity contribution in [1.82, 2.24) is 20.2 Å². The van der Waals surface area contributed by atoms with Crippen LogP contribution < -0.4 is 25.4 Å². The molecule has 2 aromatic rings. The molecular formula is C21H27FN6O3. The average molecular weight is 430 g/mol. The van der Waals surface area contributed by atoms with E-state index in [2.05, 4.69) is 25.1 Å². The third-order valence-corrected chi connectivity index (χ3v) is 5.81. The number of halogens is 1. The van der Waals surface area contributed by atoms with Crippen LogP contribution in [-0.4, -0.2) is 80.2 Å². The van der Waals surface area contributed by atoms with E-state index >= 15 is 0 Å². The number of aryl methyl sites for hydroxylation is 1. The summed E-state index contributed by atoms with van der Waals surface area (Å²) in [4.78, 5) is 36.5. The molecule has 1 amide bonds. The predicted octanol–water partition coefficient (Wildman–Crippen LogP) is 0.596. The number of pyridine rings is 2. The molecule has 0 unspecified atom stereocenters. The fourth-order valence-electron chi connectivity index (χ4n) is 4.05. The van der Waals surface area contributed by atoms with Gasteiger partial charge in [0.25, 0.3) is 11.5 Å². The number of nitrogens with zero attached hydrogens (tertiary/aromatic N) is 4. The second-order valence-electron chi connectivity index (χ2n) is 7.99. The van der Waals surface area contributed by atoms with Gasteiger partial charge in [-0.1, -0.05) is 0 Å². The lowest BCUT2D eigenvalue weighted by Gasteiger charge is -2.40. The van der Waals surface area contributed by atoms with Gasteiger partial charge < -0.3 is 19.9 Å². The molecule has 10 heteroatoms. The summed E-state index contributed by atoms with van der Waals surface area (Å²) in [6.07, 6.45) is -0.0763. The first-order valence-corrected chi connectivity index (χ1v) is 10.3. The summed E-state index contributed by atoms with van der Waals surface area (Å²) in [6, 6.07) is 4.99. The van der Waals surface area contributed by atoms with E-state index in [-0.39, 0.29) is 17.4 Å². The molecule has 0 aromatic carbocycles. The van der Waals surface area contributed by atoms with Crippen molar-refractivity contribution in [2.45, 2.75) is 13.0 Å². The topological polar surface area (TPSA) is 93.8 Å². The van der Waals surface area contributed by atoms with Gasteiger partial charge in [-0.05, 0) is 25.1 Å². The van der Waals surface area contributed by atoms with Gasteiger partial charge in [-0.2, -0.15) is 4.39 Å². The molecular weight excluding hydrogens is 403 g/mol. The van der Waals surface area contributed by atoms with Gasteiger partial charge in [0, 0.05) is 52.4 Å². The summed E-state index contributed by atoms with van der Waals surface area (Å²) in [5, 5.41) is 2.44. The minimum Gasteiger partial charge on any atom is -0.471 e. The minimum absolute atomic E-state index is 0.0643. The molecule has 0 aliphatic carbocycles. The maximum absolute atomic E-state index is 14.4. The fourth-order valence-corrected chi connectivity index (χ4v) is 4.05. The number of rotatable bonds is 4. The van der Waals surface area contributed by atoms with Crippen LogP contribution in [0.4, 0.5) is 15.8 Å². The molecule has 1 atom stereocenters. The molecule has 1 saturated heterocycles. The number of piperazine rings is 1. The van der Waals surface area contributed by atoms with Gasteiger partial charge in [-0.3, -0.25) is 19.5 Å². The smallest absolute Gasteiger partial charge is 0.269 e. The standard InChI is InChI=1S/C21H27FN6O3/c1-13-10-17-21(25-19(13)29)31-14(11-26(17)3)12-27-6-8-28(9-7-27)16-5-4-15(20(30)23-2)24-18(16)22/h4-5,10,14H,6-9,11-12H2,1-3H3,(H,23,30)(H,25,29)/t14-/m0/s1. The van der Waals surface area contributed by atoms with E-state index < -0.39 is 11.9 Å². The molecule has 2 aliphatic heterocycles. The molecule has 2 aromatic heterocycles. The number of aromatic nitrogens is 2. The summed E-state index contributed by atoms with van der Waals surface area (Å²) in [5.41, 5.74) is 1.88. The van der Waals surface area contributed by atoms with Gasteiger partial charge in [0.15, 0.2) is 0 Å². The number of aromatic amines is 1. The molecule has 1 fully saturated rings. The Morgan fingerprint density at radius 1 is 1.29 bits per heavy atom. The molecule has 0 saturated carbocycles. The number of hydrogen-bond acceptors (Lipinski definition) is 7. The Hall–Kier alpha value is -3.14. The summed E-state index contributed by atoms with van der Waals surface area (Å²) in [7, 11) is 3.47. The lowest BCUT2D eigenvalue weighted by atomic mass is 10.2. The molecule has 2 aliphatic rings. The quantitative estimate of drug-likeness (QED) is 0.686. The zero-order valence-corrected chi connectivity index (χ0v) is 17.9. The molecule has 31 heavy (non-hydrogen) atoms. The highest BCUT2D eigenvalue weighted by atomic mass is 19.1. The Morgan fingerprint density at radius 2 is 2.03 bits per heavy atom. The van der Waals surface area contributed by atoms with Crippen molar-refractivity contribution in [3.63, 3.8) is 0 Å². The Labute approximate surface area is 179 Å². The number of likely N-dealkylation sites (N-methyl/N-ethyl adjacent to an activating group) is 1. The highest BCUT2D eigenvalue weighted by Crippen LogP contribution is 2.30. The van der Waals surface area contributed by atoms with E-state index in [4.69, 9.17) is 4.74 Å². The molecule has 0 bridgehead atoms. The van der Waals surface area contributed by atoms with Crippen LogP contribution in [0.2, 0.25) is 0 Å². The van der Waals surface area contributed by atoms with Crippen LogP contribution in [0.25, 0.3) is 0 Å². The normalized spacial score (nSPS) is 19.0. The van der Waals surface area contributed by atoms with E-state index in [0.717, 1.165) is 25.3 Å². The predicted molar refractivity (Wildman–Crippen MR) is 116 cm³/mol. The van der Waals surface area contributed by atoms with E-state index in [0.29, 0.717) is 36.8 Å². The molecule has 9 nitrogen and oxygen atoms in total. The van der Waals surface area contributed by atoms with Crippen molar-refractivity contribution in [2.75, 3.05) is 63.2 Å². The summed E-state index contributed by atoms with van der Waals surface area (Å²) in [5.74, 6) is -0.536. The van der Waals surface area contributed by atoms with Crippen molar-refractivity contribution < 1.29 is 13.9 Å². The van der Waals surface area contributed by atoms with Crippen molar-refractivity contribution in [1.29, 1.82) is 0 Å². The van der Waals surface area contributed by atoms with Gasteiger partial charge in [-0.15, -0.1) is 0 Å². The van der Waals surface area contributed by atoms with E-state index in [1.54, 1.807) is 13.0 Å². The van der Waals surface area contributed by atoms with Gasteiger partial charge in [0.05, 0.1) is 17.9 Å². The van der Waals surface area contributed by atoms with Gasteiger partial charge in [-0.25, -0.2) is 4.98 Å². The lowest BCUT2D eigenvalue weighted by Crippen LogP contribution is -2.52. The van der Waals surface area contributed by atoms with Crippen LogP contribution in [0.1, 0.15) is 16.1 Å². The highest BCUT2D eigenvalue weighted by Gasteiger charge is 2.28. The Bertz CT molecular complexity index is 1030. The van der Waals surface area contributed by atoms with Crippen molar-refractivity contribution in [3.8, 4) is 5.88 Å². The number of amides is 1. The third-order valence-electron chi connectivity index (χ3n) is 5.81. The Balaban J connectivity index is 1.36. The lowest BCUT2D eigenvalue weighted by molar-refractivity contribution is 0.0957. The number of carbonyl (C=O) groups excluding carboxylic acids is 1. The SMILES string of the molecule is CNC(=O)c1ccc(N2CCN(C[C@@H]3CN(C)c4cc(C)c(=O)[nH]c4O3)CC2)c(F)n1. The second kappa shape index (κ2) is 8.54. The first-order valence-electron chi connectivity index (χ1n) is 10.3. The first-order chi connectivity index (χ1) is 14.9. The summed E-state index contributed by atoms with van der Waals surface area (Å²) in [6.45, 7) is 6.00. The maximum atomic E-state index is 14.4. The summed E-state index contributed by atoms with van der Waals surface area (Å²) < 4.78 is 20.5. The van der Waals surface area contributed by atoms with Crippen LogP contribution in [0.5, 0.6) is 5.88 Å². The molecule has 2 N–H and O–H groups in total. The number of anilines is 2. The minimum atomic E-state index is -0.636. The number of nitrogens with one attached hydrogen (secondary N) is 2. The zero-order chi connectivity index (χ0) is 22.1. The van der Waals surface area contributed by atoms with Crippen molar-refractivity contribution >= 4 is 17.3 Å². The average Bonchev–Trinajstić information content (AvgIpc) is 2.75. The number of ether oxygens (including phenoxy) is 1. The largest absolute Gasteiger partial charge is 0.471 e. The Kier molecular flexibility index (Phi) is 5.81. The van der Waals surface area contributed by atoms with E-state index in [1.807, 2.05) is 18.0 Å². The first kappa shape index (κ1) is 21.1. The third kappa shape index (κ3) is 4.34. The van der Waals surface area contributed by atoms with Crippen LogP contribution in [0.15, 0.2) is 23.0 Å². The number of hydrogen-bond donors (Lipinski definition) is 2. The van der Waals surface area contributed by atoms with Crippen LogP contribution >= 0.6 is 0 Å². The maximum Gasteiger partial charge on any atom is 0.269 e. The van der Waals surface area contributed by atoms with Crippen molar-refractivity contribution in [3.05, 3.63) is 45.8 Å². The number of fused-ring (bicyclic) bond motifs is 1. The van der Waals surface area contributed by atoms with Gasteiger partial charge in [0.1, 0.15) is 11.8 Å². The second-order valence-corrected chi connectivity index (χ2v) is 7.99. The fraction of sp³-hybridized carbons (Fsp3) is 0.476. The number of H-pyrrole nitrogens is 1. The van der Waals surface area contributed by atoms with Gasteiger partial charge in [0.2, 0.25) is 11.8 Å². The van der Waals surface area contributed by atoms with Gasteiger partial charge >= 0.3 is 0 Å². The summed E-state index contributed by atoms with van der Waals surface area (Å²) >= 11 is 0. The molecule has 4 rings (SSSR count). The Morgan fingerprint density at radius 3 is 2.71 bits per heavy atom. The molecule has 0 spiro atoms. The number of carbonyl (C=O) groups is 1. The van der Waals surface area contributed by atoms with Crippen LogP contribution in [0.3, 0.4) is 0 Å². The van der Waals surface area contributed by atoms with E-state index in [1.165, 1.54) is 13.1 Å².